The molecule has 0 aromatic carbocycles. The number of ether oxygens (including phenoxy) is 2. The fraction of sp³-hybridized carbons (Fsp3) is 0.909. The fourth-order valence-corrected chi connectivity index (χ4v) is 1.61. The Morgan fingerprint density at radius 2 is 2.07 bits per heavy atom. The van der Waals surface area contributed by atoms with Crippen LogP contribution >= 0.6 is 0 Å². The van der Waals surface area contributed by atoms with Crippen LogP contribution in [-0.2, 0) is 14.3 Å². The van der Waals surface area contributed by atoms with Crippen molar-refractivity contribution in [1.29, 1.82) is 0 Å². The molecule has 0 N–H and O–H groups in total. The van der Waals surface area contributed by atoms with Crippen molar-refractivity contribution in [1.82, 2.24) is 0 Å². The molecule has 0 aromatic heterocycles. The van der Waals surface area contributed by atoms with Crippen molar-refractivity contribution < 1.29 is 14.3 Å². The number of rotatable bonds is 4. The van der Waals surface area contributed by atoms with E-state index in [4.69, 9.17) is 9.47 Å². The number of carbonyl (C=O) groups is 1. The third kappa shape index (κ3) is 2.71. The molecule has 0 saturated carbocycles. The van der Waals surface area contributed by atoms with E-state index in [1.807, 2.05) is 0 Å². The van der Waals surface area contributed by atoms with Gasteiger partial charge in [-0.2, -0.15) is 0 Å². The van der Waals surface area contributed by atoms with E-state index in [2.05, 4.69) is 20.8 Å². The molecule has 1 fully saturated rings. The SMILES string of the molecule is CC(=O)OCCCC1(C(C)(C)C)CO1. The molecule has 1 unspecified atom stereocenters. The van der Waals surface area contributed by atoms with E-state index in [1.54, 1.807) is 0 Å². The van der Waals surface area contributed by atoms with Crippen LogP contribution in [0.25, 0.3) is 0 Å². The van der Waals surface area contributed by atoms with Gasteiger partial charge in [0, 0.05) is 6.92 Å². The monoisotopic (exact) mass is 200 g/mol. The summed E-state index contributed by atoms with van der Waals surface area (Å²) in [5.41, 5.74) is 0.219. The highest BCUT2D eigenvalue weighted by Crippen LogP contribution is 2.47. The molecule has 0 amide bonds. The van der Waals surface area contributed by atoms with Crippen molar-refractivity contribution in [2.45, 2.75) is 46.1 Å². The average Bonchev–Trinajstić information content (AvgIpc) is 2.77. The molecule has 0 aromatic rings. The molecule has 82 valence electrons. The number of hydrogen-bond acceptors (Lipinski definition) is 3. The molecule has 0 spiro atoms. The average molecular weight is 200 g/mol. The third-order valence-corrected chi connectivity index (χ3v) is 2.89. The molecule has 3 nitrogen and oxygen atoms in total. The predicted octanol–water partition coefficient (Wildman–Crippen LogP) is 2.14. The first kappa shape index (κ1) is 11.5. The molecule has 3 heteroatoms. The summed E-state index contributed by atoms with van der Waals surface area (Å²) in [6.07, 6.45) is 1.86. The molecule has 0 aliphatic carbocycles. The van der Waals surface area contributed by atoms with Crippen LogP contribution in [0.15, 0.2) is 0 Å². The van der Waals surface area contributed by atoms with Gasteiger partial charge in [-0.25, -0.2) is 0 Å². The molecule has 1 rings (SSSR count). The number of hydrogen-bond donors (Lipinski definition) is 0. The summed E-state index contributed by atoms with van der Waals surface area (Å²) < 4.78 is 10.4. The van der Waals surface area contributed by atoms with Gasteiger partial charge in [0.25, 0.3) is 0 Å². The molecule has 1 heterocycles. The lowest BCUT2D eigenvalue weighted by Crippen LogP contribution is -2.30. The van der Waals surface area contributed by atoms with Crippen molar-refractivity contribution in [3.05, 3.63) is 0 Å². The zero-order chi connectivity index (χ0) is 10.8. The zero-order valence-electron chi connectivity index (χ0n) is 9.55. The molecule has 1 saturated heterocycles. The van der Waals surface area contributed by atoms with Gasteiger partial charge in [0.2, 0.25) is 0 Å². The lowest BCUT2D eigenvalue weighted by Gasteiger charge is -2.27. The van der Waals surface area contributed by atoms with Gasteiger partial charge >= 0.3 is 5.97 Å². The highest BCUT2D eigenvalue weighted by atomic mass is 16.6. The van der Waals surface area contributed by atoms with Crippen LogP contribution in [0.5, 0.6) is 0 Å². The van der Waals surface area contributed by atoms with Crippen LogP contribution in [0.3, 0.4) is 0 Å². The van der Waals surface area contributed by atoms with Gasteiger partial charge in [0.05, 0.1) is 18.8 Å². The first-order valence-electron chi connectivity index (χ1n) is 5.15. The van der Waals surface area contributed by atoms with Gasteiger partial charge in [-0.05, 0) is 18.3 Å². The maximum Gasteiger partial charge on any atom is 0.302 e. The van der Waals surface area contributed by atoms with Gasteiger partial charge < -0.3 is 9.47 Å². The predicted molar refractivity (Wildman–Crippen MR) is 54.0 cm³/mol. The van der Waals surface area contributed by atoms with Crippen LogP contribution in [0.1, 0.15) is 40.5 Å². The van der Waals surface area contributed by atoms with Gasteiger partial charge in [0.1, 0.15) is 0 Å². The van der Waals surface area contributed by atoms with Crippen LogP contribution in [0, 0.1) is 5.41 Å². The number of esters is 1. The second-order valence-electron chi connectivity index (χ2n) is 4.98. The Balaban J connectivity index is 2.22. The lowest BCUT2D eigenvalue weighted by molar-refractivity contribution is -0.141. The van der Waals surface area contributed by atoms with Crippen LogP contribution in [0.4, 0.5) is 0 Å². The Kier molecular flexibility index (Phi) is 3.20. The fourth-order valence-electron chi connectivity index (χ4n) is 1.61. The second-order valence-corrected chi connectivity index (χ2v) is 4.98. The van der Waals surface area contributed by atoms with E-state index in [-0.39, 0.29) is 17.0 Å². The molecule has 0 bridgehead atoms. The largest absolute Gasteiger partial charge is 0.466 e. The summed E-state index contributed by atoms with van der Waals surface area (Å²) in [6, 6.07) is 0. The molecule has 14 heavy (non-hydrogen) atoms. The van der Waals surface area contributed by atoms with Gasteiger partial charge in [-0.3, -0.25) is 4.79 Å². The summed E-state index contributed by atoms with van der Waals surface area (Å²) in [5, 5.41) is 0. The van der Waals surface area contributed by atoms with E-state index in [9.17, 15) is 4.79 Å². The molecular weight excluding hydrogens is 180 g/mol. The minimum absolute atomic E-state index is 0.0349. The van der Waals surface area contributed by atoms with E-state index < -0.39 is 0 Å². The van der Waals surface area contributed by atoms with E-state index >= 15 is 0 Å². The van der Waals surface area contributed by atoms with E-state index in [0.717, 1.165) is 19.4 Å². The maximum atomic E-state index is 10.5. The minimum atomic E-state index is -0.202. The summed E-state index contributed by atoms with van der Waals surface area (Å²) in [4.78, 5) is 10.5. The van der Waals surface area contributed by atoms with E-state index in [0.29, 0.717) is 6.61 Å². The summed E-state index contributed by atoms with van der Waals surface area (Å²) >= 11 is 0. The number of carbonyl (C=O) groups excluding carboxylic acids is 1. The normalized spacial score (nSPS) is 26.0. The Hall–Kier alpha value is -0.570. The standard InChI is InChI=1S/C11H20O3/c1-9(12)13-7-5-6-11(8-14-11)10(2,3)4/h5-8H2,1-4H3. The van der Waals surface area contributed by atoms with Crippen molar-refractivity contribution >= 4 is 5.97 Å². The maximum absolute atomic E-state index is 10.5. The van der Waals surface area contributed by atoms with Crippen LogP contribution in [-0.4, -0.2) is 24.8 Å². The van der Waals surface area contributed by atoms with Gasteiger partial charge in [-0.1, -0.05) is 20.8 Å². The third-order valence-electron chi connectivity index (χ3n) is 2.89. The van der Waals surface area contributed by atoms with Crippen molar-refractivity contribution in [3.63, 3.8) is 0 Å². The molecule has 0 radical (unpaired) electrons. The highest BCUT2D eigenvalue weighted by Gasteiger charge is 2.53. The lowest BCUT2D eigenvalue weighted by atomic mass is 9.78. The molecule has 1 aliphatic rings. The Labute approximate surface area is 85.8 Å². The smallest absolute Gasteiger partial charge is 0.302 e. The topological polar surface area (TPSA) is 38.8 Å². The number of epoxide rings is 1. The van der Waals surface area contributed by atoms with Crippen molar-refractivity contribution in [2.75, 3.05) is 13.2 Å². The molecule has 1 aliphatic heterocycles. The van der Waals surface area contributed by atoms with Crippen LogP contribution < -0.4 is 0 Å². The van der Waals surface area contributed by atoms with Crippen LogP contribution in [0.2, 0.25) is 0 Å². The quantitative estimate of drug-likeness (QED) is 0.396. The summed E-state index contributed by atoms with van der Waals surface area (Å²) in [6.45, 7) is 9.35. The Morgan fingerprint density at radius 1 is 1.50 bits per heavy atom. The summed E-state index contributed by atoms with van der Waals surface area (Å²) in [7, 11) is 0. The minimum Gasteiger partial charge on any atom is -0.466 e. The highest BCUT2D eigenvalue weighted by molar-refractivity contribution is 5.65. The molecular formula is C11H20O3. The van der Waals surface area contributed by atoms with E-state index in [1.165, 1.54) is 6.92 Å². The Morgan fingerprint density at radius 3 is 2.43 bits per heavy atom. The van der Waals surface area contributed by atoms with Crippen molar-refractivity contribution in [2.24, 2.45) is 5.41 Å². The first-order valence-corrected chi connectivity index (χ1v) is 5.15. The molecule has 1 atom stereocenters. The Bertz CT molecular complexity index is 211. The van der Waals surface area contributed by atoms with Crippen molar-refractivity contribution in [3.8, 4) is 0 Å². The second kappa shape index (κ2) is 3.89. The van der Waals surface area contributed by atoms with Gasteiger partial charge in [-0.15, -0.1) is 0 Å². The first-order chi connectivity index (χ1) is 6.37. The van der Waals surface area contributed by atoms with Gasteiger partial charge in [0.15, 0.2) is 0 Å². The zero-order valence-corrected chi connectivity index (χ0v) is 9.55. The summed E-state index contributed by atoms with van der Waals surface area (Å²) in [5.74, 6) is -0.202.